The molecule has 2 heterocycles. The molecule has 0 spiro atoms. The van der Waals surface area contributed by atoms with Crippen LogP contribution in [0.1, 0.15) is 31.2 Å². The lowest BCUT2D eigenvalue weighted by Crippen LogP contribution is -2.49. The minimum absolute atomic E-state index is 0.0744. The highest BCUT2D eigenvalue weighted by Gasteiger charge is 2.68. The number of aromatic hydroxyl groups is 1. The summed E-state index contributed by atoms with van der Waals surface area (Å²) in [7, 11) is 5.42. The number of rotatable bonds is 7. The van der Waals surface area contributed by atoms with E-state index in [2.05, 4.69) is 10.2 Å². The van der Waals surface area contributed by atoms with Crippen molar-refractivity contribution in [1.29, 1.82) is 0 Å². The van der Waals surface area contributed by atoms with E-state index < -0.39 is 35.0 Å². The van der Waals surface area contributed by atoms with Crippen molar-refractivity contribution in [2.24, 2.45) is 39.3 Å². The summed E-state index contributed by atoms with van der Waals surface area (Å²) in [4.78, 5) is 62.1. The molecule has 268 valence electrons. The van der Waals surface area contributed by atoms with Crippen molar-refractivity contribution in [1.82, 2.24) is 0 Å². The van der Waals surface area contributed by atoms with E-state index in [1.165, 1.54) is 23.0 Å². The second-order valence-corrected chi connectivity index (χ2v) is 14.5. The van der Waals surface area contributed by atoms with Gasteiger partial charge in [0.1, 0.15) is 11.5 Å². The quantitative estimate of drug-likeness (QED) is 0.121. The number of carbonyl (C=O) groups is 4. The molecule has 0 unspecified atom stereocenters. The van der Waals surface area contributed by atoms with Gasteiger partial charge in [-0.1, -0.05) is 35.9 Å². The van der Waals surface area contributed by atoms with Gasteiger partial charge in [-0.3, -0.25) is 24.1 Å². The monoisotopic (exact) mass is 709 g/mol. The number of amides is 4. The van der Waals surface area contributed by atoms with E-state index in [4.69, 9.17) is 4.74 Å². The highest BCUT2D eigenvalue weighted by molar-refractivity contribution is 6.25. The fraction of sp³-hybridized carbons (Fsp3) is 0.286. The molecule has 4 aromatic rings. The molecule has 53 heavy (non-hydrogen) atoms. The lowest BCUT2D eigenvalue weighted by Gasteiger charge is -2.49. The molecule has 4 aliphatic rings. The summed E-state index contributed by atoms with van der Waals surface area (Å²) in [5.74, 6) is -4.68. The minimum atomic E-state index is -1.31. The Bertz CT molecular complexity index is 2200. The third-order valence-corrected chi connectivity index (χ3v) is 11.6. The molecule has 11 heteroatoms. The van der Waals surface area contributed by atoms with Gasteiger partial charge >= 0.3 is 0 Å². The van der Waals surface area contributed by atoms with Gasteiger partial charge in [-0.25, -0.2) is 4.90 Å². The lowest BCUT2D eigenvalue weighted by molar-refractivity contribution is -0.131. The zero-order chi connectivity index (χ0) is 37.2. The number of hydrogen-bond acceptors (Lipinski definition) is 9. The Kier molecular flexibility index (Phi) is 8.24. The zero-order valence-electron chi connectivity index (χ0n) is 29.8. The SMILES string of the molecule is COc1cccc(O)c1[C@H]1C2=CC[C@@H]3C(=O)N(c4ccc(N=Nc5ccc(N(C)C)cc5)cc4)C(=O)[C@@H]3[C@@H]2C[C@H]2C(=O)N(c3ccccc3)C(=O)[C@@]12C. The van der Waals surface area contributed by atoms with Gasteiger partial charge in [0.25, 0.3) is 0 Å². The van der Waals surface area contributed by atoms with Gasteiger partial charge in [0.2, 0.25) is 23.6 Å². The van der Waals surface area contributed by atoms with Crippen LogP contribution in [0.3, 0.4) is 0 Å². The molecule has 3 fully saturated rings. The van der Waals surface area contributed by atoms with Gasteiger partial charge in [0, 0.05) is 31.3 Å². The van der Waals surface area contributed by atoms with E-state index in [9.17, 15) is 24.3 Å². The molecule has 6 atom stereocenters. The number of hydrogen-bond donors (Lipinski definition) is 1. The smallest absolute Gasteiger partial charge is 0.241 e. The highest BCUT2D eigenvalue weighted by Crippen LogP contribution is 2.65. The van der Waals surface area contributed by atoms with Crippen LogP contribution in [0, 0.1) is 29.1 Å². The first kappa shape index (κ1) is 34.0. The number of phenols is 1. The molecule has 11 nitrogen and oxygen atoms in total. The van der Waals surface area contributed by atoms with Crippen molar-refractivity contribution in [3.8, 4) is 11.5 Å². The molecule has 0 radical (unpaired) electrons. The van der Waals surface area contributed by atoms with Crippen molar-refractivity contribution in [2.75, 3.05) is 35.9 Å². The molecular weight excluding hydrogens is 670 g/mol. The maximum Gasteiger partial charge on any atom is 0.241 e. The van der Waals surface area contributed by atoms with Gasteiger partial charge in [0.05, 0.1) is 53.0 Å². The summed E-state index contributed by atoms with van der Waals surface area (Å²) >= 11 is 0. The van der Waals surface area contributed by atoms with Crippen molar-refractivity contribution in [2.45, 2.75) is 25.7 Å². The van der Waals surface area contributed by atoms with E-state index in [1.807, 2.05) is 55.4 Å². The molecule has 1 N–H and O–H groups in total. The Balaban J connectivity index is 1.14. The number of ether oxygens (including phenoxy) is 1. The molecule has 2 aliphatic carbocycles. The number of para-hydroxylation sites is 1. The van der Waals surface area contributed by atoms with Crippen LogP contribution in [-0.2, 0) is 19.2 Å². The summed E-state index contributed by atoms with van der Waals surface area (Å²) in [6.07, 6.45) is 2.43. The predicted octanol–water partition coefficient (Wildman–Crippen LogP) is 7.32. The fourth-order valence-electron chi connectivity index (χ4n) is 9.00. The average Bonchev–Trinajstić information content (AvgIpc) is 3.54. The molecule has 2 saturated heterocycles. The number of fused-ring (bicyclic) bond motifs is 4. The Morgan fingerprint density at radius 3 is 2.04 bits per heavy atom. The Morgan fingerprint density at radius 1 is 0.755 bits per heavy atom. The number of allylic oxidation sites excluding steroid dienone is 2. The molecule has 1 saturated carbocycles. The molecule has 4 amide bonds. The van der Waals surface area contributed by atoms with Crippen LogP contribution < -0.4 is 19.4 Å². The third kappa shape index (κ3) is 5.24. The van der Waals surface area contributed by atoms with Crippen molar-refractivity contribution < 1.29 is 29.0 Å². The summed E-state index contributed by atoms with van der Waals surface area (Å²) < 4.78 is 5.75. The molecule has 0 bridgehead atoms. The maximum absolute atomic E-state index is 14.6. The number of carbonyl (C=O) groups excluding carboxylic acids is 4. The molecule has 2 aliphatic heterocycles. The van der Waals surface area contributed by atoms with E-state index in [0.717, 1.165) is 11.3 Å². The molecular formula is C42H39N5O6. The normalized spacial score (nSPS) is 26.4. The van der Waals surface area contributed by atoms with Crippen LogP contribution in [-0.4, -0.2) is 49.9 Å². The Morgan fingerprint density at radius 2 is 1.40 bits per heavy atom. The van der Waals surface area contributed by atoms with Crippen LogP contribution in [0.4, 0.5) is 28.4 Å². The average molecular weight is 710 g/mol. The predicted molar refractivity (Wildman–Crippen MR) is 200 cm³/mol. The maximum atomic E-state index is 14.6. The summed E-state index contributed by atoms with van der Waals surface area (Å²) in [6, 6.07) is 28.2. The van der Waals surface area contributed by atoms with E-state index >= 15 is 0 Å². The molecule has 8 rings (SSSR count). The van der Waals surface area contributed by atoms with Gasteiger partial charge in [0.15, 0.2) is 0 Å². The Labute approximate surface area is 307 Å². The third-order valence-electron chi connectivity index (χ3n) is 11.6. The lowest BCUT2D eigenvalue weighted by atomic mass is 9.51. The van der Waals surface area contributed by atoms with Gasteiger partial charge in [-0.05, 0) is 98.5 Å². The highest BCUT2D eigenvalue weighted by atomic mass is 16.5. The van der Waals surface area contributed by atoms with Crippen LogP contribution in [0.5, 0.6) is 11.5 Å². The van der Waals surface area contributed by atoms with Crippen LogP contribution in [0.15, 0.2) is 119 Å². The zero-order valence-corrected chi connectivity index (χ0v) is 29.8. The first-order chi connectivity index (χ1) is 25.5. The first-order valence-corrected chi connectivity index (χ1v) is 17.7. The number of azo groups is 1. The summed E-state index contributed by atoms with van der Waals surface area (Å²) in [6.45, 7) is 1.78. The molecule has 4 aromatic carbocycles. The fourth-order valence-corrected chi connectivity index (χ4v) is 9.00. The second-order valence-electron chi connectivity index (χ2n) is 14.5. The second kappa shape index (κ2) is 12.8. The van der Waals surface area contributed by atoms with Crippen molar-refractivity contribution in [3.63, 3.8) is 0 Å². The topological polar surface area (TPSA) is 132 Å². The Hall–Kier alpha value is -6.10. The van der Waals surface area contributed by atoms with Crippen LogP contribution in [0.2, 0.25) is 0 Å². The standard InChI is InChI=1S/C42H39N5O6/c1-42-32(39(50)47(41(42)52)27-9-6-5-7-10-27)23-31-29(37(42)36-33(48)11-8-12-34(36)53-4)21-22-30-35(31)40(51)46(38(30)49)28-19-15-25(16-20-28)44-43-24-13-17-26(18-14-24)45(2)3/h5-21,30-32,35,37,48H,22-23H2,1-4H3/t30-,31+,32-,35-,37+,42+/m0/s1. The number of anilines is 3. The van der Waals surface area contributed by atoms with E-state index in [0.29, 0.717) is 34.1 Å². The van der Waals surface area contributed by atoms with Crippen LogP contribution >= 0.6 is 0 Å². The van der Waals surface area contributed by atoms with Crippen LogP contribution in [0.25, 0.3) is 0 Å². The van der Waals surface area contributed by atoms with Gasteiger partial charge < -0.3 is 14.7 Å². The first-order valence-electron chi connectivity index (χ1n) is 17.7. The minimum Gasteiger partial charge on any atom is -0.508 e. The van der Waals surface area contributed by atoms with Gasteiger partial charge in [-0.2, -0.15) is 10.2 Å². The van der Waals surface area contributed by atoms with E-state index in [-0.39, 0.29) is 42.2 Å². The number of benzene rings is 4. The van der Waals surface area contributed by atoms with Crippen molar-refractivity contribution in [3.05, 3.63) is 114 Å². The number of methoxy groups -OCH3 is 1. The molecule has 0 aromatic heterocycles. The van der Waals surface area contributed by atoms with Crippen molar-refractivity contribution >= 4 is 52.1 Å². The summed E-state index contributed by atoms with van der Waals surface area (Å²) in [5, 5.41) is 20.1. The number of imide groups is 2. The number of nitrogens with zero attached hydrogens (tertiary/aromatic N) is 5. The largest absolute Gasteiger partial charge is 0.508 e. The van der Waals surface area contributed by atoms with E-state index in [1.54, 1.807) is 67.6 Å². The number of phenolic OH excluding ortho intramolecular Hbond substituents is 1. The van der Waals surface area contributed by atoms with Gasteiger partial charge in [-0.15, -0.1) is 0 Å². The summed E-state index contributed by atoms with van der Waals surface area (Å²) in [5.41, 5.74) is 3.02.